The molecule has 31 heavy (non-hydrogen) atoms. The van der Waals surface area contributed by atoms with Gasteiger partial charge >= 0.3 is 0 Å². The highest BCUT2D eigenvalue weighted by Gasteiger charge is 2.31. The Morgan fingerprint density at radius 3 is 2.39 bits per heavy atom. The molecule has 0 unspecified atom stereocenters. The third-order valence-corrected chi connectivity index (χ3v) is 7.19. The van der Waals surface area contributed by atoms with Crippen molar-refractivity contribution >= 4 is 26.8 Å². The Labute approximate surface area is 180 Å². The van der Waals surface area contributed by atoms with Gasteiger partial charge in [-0.05, 0) is 37.3 Å². The van der Waals surface area contributed by atoms with E-state index < -0.39 is 10.0 Å². The molecule has 1 amide bonds. The normalized spacial score (nSPS) is 15.2. The fraction of sp³-hybridized carbons (Fsp3) is 0.273. The van der Waals surface area contributed by atoms with Crippen LogP contribution in [0, 0.1) is 0 Å². The first-order chi connectivity index (χ1) is 14.9. The zero-order valence-electron chi connectivity index (χ0n) is 17.1. The van der Waals surface area contributed by atoms with E-state index >= 15 is 0 Å². The van der Waals surface area contributed by atoms with E-state index in [4.69, 9.17) is 4.74 Å². The monoisotopic (exact) mass is 441 g/mol. The number of amides is 1. The molecule has 8 nitrogen and oxygen atoms in total. The number of aromatic amines is 1. The summed E-state index contributed by atoms with van der Waals surface area (Å²) in [5.74, 6) is 0.336. The molecule has 1 fully saturated rings. The van der Waals surface area contributed by atoms with Crippen LogP contribution in [0.25, 0.3) is 10.9 Å². The van der Waals surface area contributed by atoms with Crippen LogP contribution in [-0.2, 0) is 10.0 Å². The summed E-state index contributed by atoms with van der Waals surface area (Å²) in [7, 11) is -3.66. The first kappa shape index (κ1) is 21.1. The minimum Gasteiger partial charge on any atom is -0.494 e. The lowest BCUT2D eigenvalue weighted by Crippen LogP contribution is -2.50. The van der Waals surface area contributed by atoms with E-state index in [9.17, 15) is 18.0 Å². The van der Waals surface area contributed by atoms with E-state index in [1.165, 1.54) is 22.5 Å². The van der Waals surface area contributed by atoms with Gasteiger partial charge in [0.2, 0.25) is 15.6 Å². The van der Waals surface area contributed by atoms with E-state index in [0.717, 1.165) is 0 Å². The average Bonchev–Trinajstić information content (AvgIpc) is 2.78. The van der Waals surface area contributed by atoms with Crippen LogP contribution < -0.4 is 10.3 Å². The zero-order chi connectivity index (χ0) is 22.0. The standard InChI is InChI=1S/C22H23N3O5S/c1-2-30-16-7-9-17(10-8-16)31(28,29)25-13-11-24(12-14-25)22(27)19-15-21(26)23-20-6-4-3-5-18(19)20/h3-10,15H,2,11-14H2,1H3,(H,23,26). The SMILES string of the molecule is CCOc1ccc(S(=O)(=O)N2CCN(C(=O)c3cc(=O)[nH]c4ccccc34)CC2)cc1. The second-order valence-corrected chi connectivity index (χ2v) is 9.13. The second kappa shape index (κ2) is 8.52. The fourth-order valence-electron chi connectivity index (χ4n) is 3.71. The van der Waals surface area contributed by atoms with Crippen LogP contribution in [0.4, 0.5) is 0 Å². The third kappa shape index (κ3) is 4.19. The summed E-state index contributed by atoms with van der Waals surface area (Å²) in [5, 5.41) is 0.663. The van der Waals surface area contributed by atoms with Gasteiger partial charge in [-0.1, -0.05) is 18.2 Å². The van der Waals surface area contributed by atoms with Crippen molar-refractivity contribution in [1.29, 1.82) is 0 Å². The minimum absolute atomic E-state index is 0.183. The molecule has 1 aromatic heterocycles. The maximum Gasteiger partial charge on any atom is 0.254 e. The van der Waals surface area contributed by atoms with Gasteiger partial charge in [0, 0.05) is 43.1 Å². The first-order valence-corrected chi connectivity index (χ1v) is 11.5. The maximum absolute atomic E-state index is 13.1. The van der Waals surface area contributed by atoms with Crippen LogP contribution in [0.2, 0.25) is 0 Å². The topological polar surface area (TPSA) is 99.8 Å². The van der Waals surface area contributed by atoms with Gasteiger partial charge < -0.3 is 14.6 Å². The molecular formula is C22H23N3O5S. The van der Waals surface area contributed by atoms with E-state index in [-0.39, 0.29) is 42.5 Å². The highest BCUT2D eigenvalue weighted by Crippen LogP contribution is 2.22. The molecule has 9 heteroatoms. The summed E-state index contributed by atoms with van der Waals surface area (Å²) in [6.07, 6.45) is 0. The molecule has 0 bridgehead atoms. The number of benzene rings is 2. The largest absolute Gasteiger partial charge is 0.494 e. The molecule has 0 radical (unpaired) electrons. The number of aromatic nitrogens is 1. The van der Waals surface area contributed by atoms with Crippen molar-refractivity contribution in [1.82, 2.24) is 14.2 Å². The number of sulfonamides is 1. The minimum atomic E-state index is -3.66. The molecule has 2 heterocycles. The summed E-state index contributed by atoms with van der Waals surface area (Å²) < 4.78 is 32.7. The molecule has 0 aliphatic carbocycles. The van der Waals surface area contributed by atoms with Crippen LogP contribution in [0.3, 0.4) is 0 Å². The lowest BCUT2D eigenvalue weighted by atomic mass is 10.1. The predicted molar refractivity (Wildman–Crippen MR) is 117 cm³/mol. The molecule has 0 spiro atoms. The van der Waals surface area contributed by atoms with Crippen molar-refractivity contribution in [2.24, 2.45) is 0 Å². The molecule has 0 saturated carbocycles. The number of hydrogen-bond acceptors (Lipinski definition) is 5. The molecule has 4 rings (SSSR count). The van der Waals surface area contributed by atoms with E-state index in [0.29, 0.717) is 28.8 Å². The van der Waals surface area contributed by atoms with Crippen molar-refractivity contribution < 1.29 is 17.9 Å². The van der Waals surface area contributed by atoms with E-state index in [1.54, 1.807) is 41.3 Å². The number of ether oxygens (including phenoxy) is 1. The first-order valence-electron chi connectivity index (χ1n) is 10.0. The van der Waals surface area contributed by atoms with Gasteiger partial charge in [-0.3, -0.25) is 9.59 Å². The van der Waals surface area contributed by atoms with Crippen molar-refractivity contribution in [2.45, 2.75) is 11.8 Å². The molecule has 1 aliphatic rings. The lowest BCUT2D eigenvalue weighted by Gasteiger charge is -2.34. The van der Waals surface area contributed by atoms with E-state index in [1.807, 2.05) is 6.92 Å². The number of hydrogen-bond donors (Lipinski definition) is 1. The Morgan fingerprint density at radius 2 is 1.71 bits per heavy atom. The summed E-state index contributed by atoms with van der Waals surface area (Å²) in [4.78, 5) is 29.6. The van der Waals surface area contributed by atoms with Crippen molar-refractivity contribution in [3.63, 3.8) is 0 Å². The summed E-state index contributed by atoms with van der Waals surface area (Å²) >= 11 is 0. The number of rotatable bonds is 5. The number of nitrogens with one attached hydrogen (secondary N) is 1. The molecule has 1 saturated heterocycles. The molecule has 0 atom stereocenters. The summed E-state index contributed by atoms with van der Waals surface area (Å²) in [6, 6.07) is 14.7. The number of carbonyl (C=O) groups is 1. The summed E-state index contributed by atoms with van der Waals surface area (Å²) in [5.41, 5.74) is 0.566. The van der Waals surface area contributed by atoms with Gasteiger partial charge in [-0.25, -0.2) is 8.42 Å². The van der Waals surface area contributed by atoms with Crippen LogP contribution in [0.15, 0.2) is 64.3 Å². The van der Waals surface area contributed by atoms with Crippen LogP contribution in [0.5, 0.6) is 5.75 Å². The average molecular weight is 442 g/mol. The Morgan fingerprint density at radius 1 is 1.03 bits per heavy atom. The number of fused-ring (bicyclic) bond motifs is 1. The highest BCUT2D eigenvalue weighted by atomic mass is 32.2. The van der Waals surface area contributed by atoms with Gasteiger partial charge in [0.25, 0.3) is 5.91 Å². The molecule has 1 aliphatic heterocycles. The molecule has 3 aromatic rings. The Bertz CT molecular complexity index is 1260. The number of H-pyrrole nitrogens is 1. The Balaban J connectivity index is 1.50. The molecule has 2 aromatic carbocycles. The van der Waals surface area contributed by atoms with Crippen molar-refractivity contribution in [3.05, 3.63) is 70.5 Å². The number of piperazine rings is 1. The van der Waals surface area contributed by atoms with Gasteiger partial charge in [0.15, 0.2) is 0 Å². The Hall–Kier alpha value is -3.17. The third-order valence-electron chi connectivity index (χ3n) is 5.28. The van der Waals surface area contributed by atoms with Gasteiger partial charge in [-0.2, -0.15) is 4.31 Å². The van der Waals surface area contributed by atoms with Gasteiger partial charge in [0.05, 0.1) is 17.1 Å². The number of para-hydroxylation sites is 1. The maximum atomic E-state index is 13.1. The smallest absolute Gasteiger partial charge is 0.254 e. The van der Waals surface area contributed by atoms with E-state index in [2.05, 4.69) is 4.98 Å². The van der Waals surface area contributed by atoms with Crippen molar-refractivity contribution in [2.75, 3.05) is 32.8 Å². The molecular weight excluding hydrogens is 418 g/mol. The quantitative estimate of drug-likeness (QED) is 0.653. The van der Waals surface area contributed by atoms with Crippen LogP contribution >= 0.6 is 0 Å². The van der Waals surface area contributed by atoms with Crippen LogP contribution in [-0.4, -0.2) is 61.3 Å². The number of pyridine rings is 1. The van der Waals surface area contributed by atoms with Crippen LogP contribution in [0.1, 0.15) is 17.3 Å². The van der Waals surface area contributed by atoms with Gasteiger partial charge in [0.1, 0.15) is 5.75 Å². The Kier molecular flexibility index (Phi) is 5.79. The number of carbonyl (C=O) groups excluding carboxylic acids is 1. The van der Waals surface area contributed by atoms with Gasteiger partial charge in [-0.15, -0.1) is 0 Å². The van der Waals surface area contributed by atoms with Crippen molar-refractivity contribution in [3.8, 4) is 5.75 Å². The highest BCUT2D eigenvalue weighted by molar-refractivity contribution is 7.89. The zero-order valence-corrected chi connectivity index (χ0v) is 17.9. The molecule has 162 valence electrons. The fourth-order valence-corrected chi connectivity index (χ4v) is 5.13. The summed E-state index contributed by atoms with van der Waals surface area (Å²) in [6.45, 7) is 3.22. The predicted octanol–water partition coefficient (Wildman–Crippen LogP) is 2.07. The number of nitrogens with zero attached hydrogens (tertiary/aromatic N) is 2. The lowest BCUT2D eigenvalue weighted by molar-refractivity contribution is 0.0699. The molecule has 1 N–H and O–H groups in total. The second-order valence-electron chi connectivity index (χ2n) is 7.19.